The Labute approximate surface area is 248 Å². The van der Waals surface area contributed by atoms with Crippen molar-refractivity contribution in [1.29, 1.82) is 0 Å². The second-order valence-electron chi connectivity index (χ2n) is 15.0. The van der Waals surface area contributed by atoms with Gasteiger partial charge in [-0.2, -0.15) is 0 Å². The molecule has 0 aromatic carbocycles. The third kappa shape index (κ3) is 4.02. The maximum Gasteiger partial charge on any atom is 0.331 e. The van der Waals surface area contributed by atoms with Crippen LogP contribution in [0.15, 0.2) is 11.6 Å². The molecule has 0 bridgehead atoms. The van der Waals surface area contributed by atoms with Gasteiger partial charge in [0.15, 0.2) is 12.1 Å². The van der Waals surface area contributed by atoms with E-state index in [2.05, 4.69) is 6.92 Å². The van der Waals surface area contributed by atoms with Crippen molar-refractivity contribution in [1.82, 2.24) is 0 Å². The number of hydrogen-bond acceptors (Lipinski definition) is 9. The first-order chi connectivity index (χ1) is 19.9. The topological polar surface area (TPSA) is 121 Å². The molecule has 13 atom stereocenters. The SMILES string of the molecule is CCC1(C)OC2CC(OC3CC[C@]4(C=O)[C@H]5CC[C@]6(C)[C@H](C7=CC(=O)OC7)CCC6(O)C5CCC4(O)C3)OC(C)C2O1. The standard InChI is InChI=1S/C33H48O9/c1-5-30(4)41-25-15-27(39-19(2)28(25)42-30)40-21-6-11-31(18-34)23-7-10-29(3)22(20-14-26(35)38-17-20)9-13-33(29,37)24(23)8-12-32(31,36)16-21/h14,18-19,21-25,27-28,36-37H,5-13,15-17H2,1-4H3/t19?,21?,22-,23-,24?,25?,27?,28?,29+,30?,31-,32?,33?/m0/s1. The minimum Gasteiger partial charge on any atom is -0.458 e. The maximum atomic E-state index is 13.1. The molecule has 3 heterocycles. The number of carbonyl (C=O) groups excluding carboxylic acids is 2. The van der Waals surface area contributed by atoms with Crippen molar-refractivity contribution < 1.29 is 43.5 Å². The highest BCUT2D eigenvalue weighted by atomic mass is 16.8. The van der Waals surface area contributed by atoms with Crippen LogP contribution in [0.3, 0.4) is 0 Å². The number of carbonyl (C=O) groups is 2. The summed E-state index contributed by atoms with van der Waals surface area (Å²) in [4.78, 5) is 25.0. The maximum absolute atomic E-state index is 13.1. The van der Waals surface area contributed by atoms with Gasteiger partial charge in [-0.15, -0.1) is 0 Å². The molecule has 234 valence electrons. The molecular weight excluding hydrogens is 540 g/mol. The van der Waals surface area contributed by atoms with Crippen molar-refractivity contribution in [3.8, 4) is 0 Å². The van der Waals surface area contributed by atoms with E-state index in [4.69, 9.17) is 23.7 Å². The van der Waals surface area contributed by atoms with Gasteiger partial charge >= 0.3 is 5.97 Å². The molecule has 3 aliphatic heterocycles. The molecule has 4 aliphatic carbocycles. The Hall–Kier alpha value is -1.36. The lowest BCUT2D eigenvalue weighted by Gasteiger charge is -2.65. The van der Waals surface area contributed by atoms with Crippen LogP contribution in [-0.2, 0) is 33.3 Å². The number of rotatable bonds is 5. The van der Waals surface area contributed by atoms with Crippen molar-refractivity contribution in [2.24, 2.45) is 28.6 Å². The van der Waals surface area contributed by atoms with Gasteiger partial charge in [-0.05, 0) is 95.0 Å². The molecule has 9 nitrogen and oxygen atoms in total. The molecule has 0 amide bonds. The fourth-order valence-electron chi connectivity index (χ4n) is 10.8. The Morgan fingerprint density at radius 1 is 1.05 bits per heavy atom. The van der Waals surface area contributed by atoms with E-state index in [1.807, 2.05) is 20.8 Å². The average molecular weight is 589 g/mol. The van der Waals surface area contributed by atoms with Gasteiger partial charge < -0.3 is 38.7 Å². The third-order valence-electron chi connectivity index (χ3n) is 13.2. The summed E-state index contributed by atoms with van der Waals surface area (Å²) in [5.41, 5.74) is -2.44. The lowest BCUT2D eigenvalue weighted by atomic mass is 9.41. The van der Waals surface area contributed by atoms with Crippen LogP contribution in [0.5, 0.6) is 0 Å². The van der Waals surface area contributed by atoms with E-state index in [1.54, 1.807) is 6.08 Å². The first kappa shape index (κ1) is 29.4. The predicted molar refractivity (Wildman–Crippen MR) is 150 cm³/mol. The van der Waals surface area contributed by atoms with Crippen molar-refractivity contribution in [3.05, 3.63) is 11.6 Å². The van der Waals surface area contributed by atoms with Crippen LogP contribution in [-0.4, -0.2) is 76.8 Å². The lowest BCUT2D eigenvalue weighted by molar-refractivity contribution is -0.278. The Morgan fingerprint density at radius 3 is 2.55 bits per heavy atom. The zero-order chi connectivity index (χ0) is 29.7. The van der Waals surface area contributed by atoms with Gasteiger partial charge in [0.1, 0.15) is 19.0 Å². The second kappa shape index (κ2) is 9.82. The highest BCUT2D eigenvalue weighted by molar-refractivity contribution is 5.85. The van der Waals surface area contributed by atoms with Crippen molar-refractivity contribution in [2.45, 2.75) is 146 Å². The minimum atomic E-state index is -1.19. The molecule has 7 rings (SSSR count). The summed E-state index contributed by atoms with van der Waals surface area (Å²) >= 11 is 0. The Morgan fingerprint density at radius 2 is 1.83 bits per heavy atom. The van der Waals surface area contributed by atoms with E-state index in [-0.39, 0.29) is 53.6 Å². The number of aldehydes is 1. The van der Waals surface area contributed by atoms with E-state index in [9.17, 15) is 19.8 Å². The molecule has 2 N–H and O–H groups in total. The summed E-state index contributed by atoms with van der Waals surface area (Å²) in [6.45, 7) is 8.49. The smallest absolute Gasteiger partial charge is 0.331 e. The lowest BCUT2D eigenvalue weighted by Crippen LogP contribution is -2.69. The Kier molecular flexibility index (Phi) is 6.86. The summed E-state index contributed by atoms with van der Waals surface area (Å²) in [7, 11) is 0. The van der Waals surface area contributed by atoms with E-state index in [0.29, 0.717) is 51.6 Å². The number of ether oxygens (including phenoxy) is 5. The molecule has 2 saturated heterocycles. The van der Waals surface area contributed by atoms with Gasteiger partial charge in [-0.3, -0.25) is 0 Å². The molecule has 42 heavy (non-hydrogen) atoms. The molecule has 0 aromatic rings. The highest BCUT2D eigenvalue weighted by Crippen LogP contribution is 2.70. The van der Waals surface area contributed by atoms with Crippen molar-refractivity contribution in [2.75, 3.05) is 6.61 Å². The van der Waals surface area contributed by atoms with Crippen LogP contribution in [0, 0.1) is 28.6 Å². The Bertz CT molecular complexity index is 1160. The molecule has 6 fully saturated rings. The minimum absolute atomic E-state index is 0.0744. The number of aliphatic hydroxyl groups is 2. The van der Waals surface area contributed by atoms with Crippen molar-refractivity contribution >= 4 is 12.3 Å². The summed E-state index contributed by atoms with van der Waals surface area (Å²) in [5, 5.41) is 24.7. The van der Waals surface area contributed by atoms with Crippen LogP contribution in [0.4, 0.5) is 0 Å². The average Bonchev–Trinajstić information content (AvgIpc) is 3.61. The molecule has 9 heteroatoms. The first-order valence-electron chi connectivity index (χ1n) is 16.3. The van der Waals surface area contributed by atoms with Crippen LogP contribution in [0.2, 0.25) is 0 Å². The van der Waals surface area contributed by atoms with Gasteiger partial charge in [0.05, 0.1) is 34.9 Å². The molecular formula is C33H48O9. The normalized spacial score (nSPS) is 55.2. The van der Waals surface area contributed by atoms with Crippen LogP contribution < -0.4 is 0 Å². The number of hydrogen-bond donors (Lipinski definition) is 2. The van der Waals surface area contributed by atoms with E-state index < -0.39 is 28.7 Å². The van der Waals surface area contributed by atoms with Crippen LogP contribution in [0.25, 0.3) is 0 Å². The van der Waals surface area contributed by atoms with E-state index >= 15 is 0 Å². The molecule has 4 saturated carbocycles. The summed E-state index contributed by atoms with van der Waals surface area (Å²) in [6.07, 6.45) is 8.56. The van der Waals surface area contributed by atoms with E-state index in [1.165, 1.54) is 0 Å². The van der Waals surface area contributed by atoms with Gasteiger partial charge in [0, 0.05) is 24.3 Å². The van der Waals surface area contributed by atoms with Crippen molar-refractivity contribution in [3.63, 3.8) is 0 Å². The zero-order valence-corrected chi connectivity index (χ0v) is 25.5. The largest absolute Gasteiger partial charge is 0.458 e. The molecule has 0 aromatic heterocycles. The number of esters is 1. The monoisotopic (exact) mass is 588 g/mol. The fraction of sp³-hybridized carbons (Fsp3) is 0.879. The van der Waals surface area contributed by atoms with Gasteiger partial charge in [-0.25, -0.2) is 4.79 Å². The van der Waals surface area contributed by atoms with E-state index in [0.717, 1.165) is 37.5 Å². The third-order valence-corrected chi connectivity index (χ3v) is 13.2. The van der Waals surface area contributed by atoms with Gasteiger partial charge in [0.2, 0.25) is 0 Å². The van der Waals surface area contributed by atoms with Crippen LogP contribution in [0.1, 0.15) is 98.3 Å². The predicted octanol–water partition coefficient (Wildman–Crippen LogP) is 3.97. The van der Waals surface area contributed by atoms with Crippen LogP contribution >= 0.6 is 0 Å². The fourth-order valence-corrected chi connectivity index (χ4v) is 10.8. The first-order valence-corrected chi connectivity index (χ1v) is 16.3. The van der Waals surface area contributed by atoms with Gasteiger partial charge in [0.25, 0.3) is 0 Å². The summed E-state index contributed by atoms with van der Waals surface area (Å²) < 4.78 is 30.4. The highest BCUT2D eigenvalue weighted by Gasteiger charge is 2.71. The molecule has 0 spiro atoms. The van der Waals surface area contributed by atoms with Gasteiger partial charge in [-0.1, -0.05) is 13.8 Å². The summed E-state index contributed by atoms with van der Waals surface area (Å²) in [5.74, 6) is -0.980. The molecule has 0 radical (unpaired) electrons. The quantitative estimate of drug-likeness (QED) is 0.279. The zero-order valence-electron chi connectivity index (χ0n) is 25.5. The Balaban J connectivity index is 1.07. The molecule has 9 unspecified atom stereocenters. The number of cyclic esters (lactones) is 1. The summed E-state index contributed by atoms with van der Waals surface area (Å²) in [6, 6.07) is 0. The number of fused-ring (bicyclic) bond motifs is 6. The molecule has 7 aliphatic rings. The second-order valence-corrected chi connectivity index (χ2v) is 15.0.